The number of methoxy groups -OCH3 is 1. The summed E-state index contributed by atoms with van der Waals surface area (Å²) >= 11 is 5.11. The van der Waals surface area contributed by atoms with Gasteiger partial charge in [-0.2, -0.15) is 0 Å². The molecule has 2 atom stereocenters. The van der Waals surface area contributed by atoms with Crippen LogP contribution in [0.1, 0.15) is 30.4 Å². The molecule has 2 unspecified atom stereocenters. The largest absolute Gasteiger partial charge is 0.389 e. The summed E-state index contributed by atoms with van der Waals surface area (Å²) in [6.45, 7) is 2.07. The number of thiocarbonyl (C=S) groups is 1. The molecule has 0 saturated heterocycles. The Labute approximate surface area is 114 Å². The Kier molecular flexibility index (Phi) is 4.19. The van der Waals surface area contributed by atoms with Gasteiger partial charge < -0.3 is 15.8 Å². The molecular weight excluding hydrogens is 244 g/mol. The molecule has 1 aromatic carbocycles. The van der Waals surface area contributed by atoms with Gasteiger partial charge in [0.25, 0.3) is 0 Å². The van der Waals surface area contributed by atoms with Crippen LogP contribution >= 0.6 is 12.2 Å². The highest BCUT2D eigenvalue weighted by Gasteiger charge is 2.27. The van der Waals surface area contributed by atoms with Crippen LogP contribution < -0.4 is 11.1 Å². The maximum Gasteiger partial charge on any atom is 0.106 e. The number of nitrogens with one attached hydrogen (secondary N) is 1. The zero-order valence-electron chi connectivity index (χ0n) is 10.9. The van der Waals surface area contributed by atoms with Gasteiger partial charge in [-0.15, -0.1) is 0 Å². The topological polar surface area (TPSA) is 47.3 Å². The molecule has 3 nitrogen and oxygen atoms in total. The zero-order chi connectivity index (χ0) is 13.1. The summed E-state index contributed by atoms with van der Waals surface area (Å²) in [5, 5.41) is 3.57. The molecular formula is C14H20N2OS. The number of hydrogen-bond acceptors (Lipinski definition) is 3. The van der Waals surface area contributed by atoms with E-state index < -0.39 is 0 Å². The van der Waals surface area contributed by atoms with E-state index in [9.17, 15) is 0 Å². The summed E-state index contributed by atoms with van der Waals surface area (Å²) < 4.78 is 5.51. The fourth-order valence-electron chi connectivity index (χ4n) is 2.62. The molecule has 0 aliphatic heterocycles. The highest BCUT2D eigenvalue weighted by Crippen LogP contribution is 2.28. The van der Waals surface area contributed by atoms with Crippen molar-refractivity contribution in [1.29, 1.82) is 0 Å². The van der Waals surface area contributed by atoms with Crippen molar-refractivity contribution in [2.45, 2.75) is 38.3 Å². The van der Waals surface area contributed by atoms with E-state index in [1.54, 1.807) is 7.11 Å². The van der Waals surface area contributed by atoms with Crippen molar-refractivity contribution in [2.75, 3.05) is 12.4 Å². The zero-order valence-corrected chi connectivity index (χ0v) is 11.7. The minimum atomic E-state index is 0.281. The average molecular weight is 264 g/mol. The number of para-hydroxylation sites is 1. The van der Waals surface area contributed by atoms with Gasteiger partial charge in [-0.25, -0.2) is 0 Å². The van der Waals surface area contributed by atoms with Crippen LogP contribution in [0.3, 0.4) is 0 Å². The lowest BCUT2D eigenvalue weighted by Gasteiger charge is -2.23. The Morgan fingerprint density at radius 3 is 2.89 bits per heavy atom. The van der Waals surface area contributed by atoms with Crippen LogP contribution in [0.15, 0.2) is 18.2 Å². The van der Waals surface area contributed by atoms with E-state index in [1.165, 1.54) is 12.0 Å². The number of hydrogen-bond donors (Lipinski definition) is 2. The van der Waals surface area contributed by atoms with Crippen molar-refractivity contribution in [3.63, 3.8) is 0 Å². The Bertz CT molecular complexity index is 447. The van der Waals surface area contributed by atoms with Crippen LogP contribution in [0.2, 0.25) is 0 Å². The van der Waals surface area contributed by atoms with Crippen LogP contribution in [0, 0.1) is 6.92 Å². The number of anilines is 1. The van der Waals surface area contributed by atoms with Gasteiger partial charge in [0, 0.05) is 18.4 Å². The molecule has 4 heteroatoms. The molecule has 1 aromatic rings. The van der Waals surface area contributed by atoms with E-state index >= 15 is 0 Å². The van der Waals surface area contributed by atoms with Crippen LogP contribution in [-0.4, -0.2) is 24.2 Å². The maximum atomic E-state index is 5.79. The SMILES string of the molecule is COC1CCCC1Nc1c(C)cccc1C(N)=S. The quantitative estimate of drug-likeness (QED) is 0.821. The normalized spacial score (nSPS) is 23.0. The van der Waals surface area contributed by atoms with E-state index in [2.05, 4.69) is 18.3 Å². The van der Waals surface area contributed by atoms with E-state index in [0.717, 1.165) is 24.1 Å². The number of ether oxygens (including phenoxy) is 1. The van der Waals surface area contributed by atoms with Crippen LogP contribution in [-0.2, 0) is 4.74 Å². The first-order chi connectivity index (χ1) is 8.63. The van der Waals surface area contributed by atoms with Crippen molar-refractivity contribution < 1.29 is 4.74 Å². The number of benzene rings is 1. The second kappa shape index (κ2) is 5.67. The molecule has 2 rings (SSSR count). The van der Waals surface area contributed by atoms with E-state index in [1.807, 2.05) is 12.1 Å². The average Bonchev–Trinajstić information content (AvgIpc) is 2.78. The molecule has 1 aliphatic carbocycles. The number of nitrogens with two attached hydrogens (primary N) is 1. The molecule has 0 spiro atoms. The van der Waals surface area contributed by atoms with Crippen molar-refractivity contribution in [3.8, 4) is 0 Å². The Morgan fingerprint density at radius 1 is 1.44 bits per heavy atom. The van der Waals surface area contributed by atoms with Gasteiger partial charge in [-0.3, -0.25) is 0 Å². The summed E-state index contributed by atoms with van der Waals surface area (Å²) in [6, 6.07) is 6.37. The Hall–Kier alpha value is -1.13. The molecule has 3 N–H and O–H groups in total. The standard InChI is InChI=1S/C14H20N2OS/c1-9-5-3-6-10(14(15)18)13(9)16-11-7-4-8-12(11)17-2/h3,5-6,11-12,16H,4,7-8H2,1-2H3,(H2,15,18). The van der Waals surface area contributed by atoms with Gasteiger partial charge in [0.05, 0.1) is 12.1 Å². The predicted molar refractivity (Wildman–Crippen MR) is 79.1 cm³/mol. The summed E-state index contributed by atoms with van der Waals surface area (Å²) in [7, 11) is 1.77. The summed E-state index contributed by atoms with van der Waals surface area (Å²) in [4.78, 5) is 0.438. The Balaban J connectivity index is 2.25. The highest BCUT2D eigenvalue weighted by molar-refractivity contribution is 7.80. The third kappa shape index (κ3) is 2.65. The summed E-state index contributed by atoms with van der Waals surface area (Å²) in [5.74, 6) is 0. The van der Waals surface area contributed by atoms with E-state index in [-0.39, 0.29) is 6.10 Å². The lowest BCUT2D eigenvalue weighted by Crippen LogP contribution is -2.31. The molecule has 1 saturated carbocycles. The molecule has 0 bridgehead atoms. The second-order valence-corrected chi connectivity index (χ2v) is 5.26. The van der Waals surface area contributed by atoms with Gasteiger partial charge in [0.1, 0.15) is 4.99 Å². The van der Waals surface area contributed by atoms with Gasteiger partial charge in [0.15, 0.2) is 0 Å². The molecule has 1 aliphatic rings. The molecule has 0 radical (unpaired) electrons. The summed E-state index contributed by atoms with van der Waals surface area (Å²) in [6.07, 6.45) is 3.72. The van der Waals surface area contributed by atoms with Crippen molar-refractivity contribution >= 4 is 22.9 Å². The predicted octanol–water partition coefficient (Wildman–Crippen LogP) is 2.61. The van der Waals surface area contributed by atoms with E-state index in [0.29, 0.717) is 11.0 Å². The van der Waals surface area contributed by atoms with Gasteiger partial charge in [0.2, 0.25) is 0 Å². The molecule has 18 heavy (non-hydrogen) atoms. The Morgan fingerprint density at radius 2 is 2.22 bits per heavy atom. The van der Waals surface area contributed by atoms with Crippen molar-refractivity contribution in [2.24, 2.45) is 5.73 Å². The number of rotatable bonds is 4. The molecule has 1 fully saturated rings. The van der Waals surface area contributed by atoms with Gasteiger partial charge in [-0.05, 0) is 37.8 Å². The minimum Gasteiger partial charge on any atom is -0.389 e. The highest BCUT2D eigenvalue weighted by atomic mass is 32.1. The summed E-state index contributed by atoms with van der Waals surface area (Å²) in [5.41, 5.74) is 8.93. The third-order valence-corrected chi connectivity index (χ3v) is 3.84. The van der Waals surface area contributed by atoms with Crippen LogP contribution in [0.5, 0.6) is 0 Å². The molecule has 0 amide bonds. The maximum absolute atomic E-state index is 5.79. The minimum absolute atomic E-state index is 0.281. The monoisotopic (exact) mass is 264 g/mol. The molecule has 98 valence electrons. The molecule has 0 aromatic heterocycles. The van der Waals surface area contributed by atoms with Gasteiger partial charge in [-0.1, -0.05) is 24.4 Å². The van der Waals surface area contributed by atoms with Crippen molar-refractivity contribution in [3.05, 3.63) is 29.3 Å². The first kappa shape index (κ1) is 13.3. The first-order valence-corrected chi connectivity index (χ1v) is 6.73. The first-order valence-electron chi connectivity index (χ1n) is 6.32. The van der Waals surface area contributed by atoms with Crippen LogP contribution in [0.4, 0.5) is 5.69 Å². The second-order valence-electron chi connectivity index (χ2n) is 4.82. The van der Waals surface area contributed by atoms with Crippen LogP contribution in [0.25, 0.3) is 0 Å². The van der Waals surface area contributed by atoms with Crippen molar-refractivity contribution in [1.82, 2.24) is 0 Å². The fourth-order valence-corrected chi connectivity index (χ4v) is 2.79. The van der Waals surface area contributed by atoms with E-state index in [4.69, 9.17) is 22.7 Å². The lowest BCUT2D eigenvalue weighted by atomic mass is 10.1. The number of aryl methyl sites for hydroxylation is 1. The smallest absolute Gasteiger partial charge is 0.106 e. The third-order valence-electron chi connectivity index (χ3n) is 3.62. The molecule has 0 heterocycles. The lowest BCUT2D eigenvalue weighted by molar-refractivity contribution is 0.101. The van der Waals surface area contributed by atoms with Gasteiger partial charge >= 0.3 is 0 Å². The fraction of sp³-hybridized carbons (Fsp3) is 0.500.